The van der Waals surface area contributed by atoms with Crippen LogP contribution in [0.4, 0.5) is 5.13 Å². The van der Waals surface area contributed by atoms with Crippen molar-refractivity contribution in [2.75, 3.05) is 25.6 Å². The first kappa shape index (κ1) is 25.2. The number of carbonyl (C=O) groups is 2. The van der Waals surface area contributed by atoms with Gasteiger partial charge in [0.15, 0.2) is 17.5 Å². The summed E-state index contributed by atoms with van der Waals surface area (Å²) in [5.74, 6) is -0.463. The van der Waals surface area contributed by atoms with Gasteiger partial charge in [0.1, 0.15) is 16.2 Å². The zero-order valence-electron chi connectivity index (χ0n) is 19.5. The molecule has 0 saturated heterocycles. The van der Waals surface area contributed by atoms with E-state index in [1.54, 1.807) is 57.4 Å². The molecule has 1 N–H and O–H groups in total. The lowest BCUT2D eigenvalue weighted by atomic mass is 10.1. The van der Waals surface area contributed by atoms with Gasteiger partial charge in [0.05, 0.1) is 24.8 Å². The van der Waals surface area contributed by atoms with Crippen LogP contribution < -0.4 is 20.2 Å². The molecule has 0 aliphatic heterocycles. The SMILES string of the molecule is CCOC(=O)c1sc(NC(=O)COc2c(-c3ccc(OC)cc3)oc3ccc(Cl)cc3c2=O)nc1C. The second kappa shape index (κ2) is 10.8. The van der Waals surface area contributed by atoms with Crippen molar-refractivity contribution >= 4 is 50.9 Å². The van der Waals surface area contributed by atoms with Crippen molar-refractivity contribution in [3.63, 3.8) is 0 Å². The van der Waals surface area contributed by atoms with Gasteiger partial charge in [-0.05, 0) is 56.3 Å². The van der Waals surface area contributed by atoms with Crippen molar-refractivity contribution in [2.45, 2.75) is 13.8 Å². The minimum Gasteiger partial charge on any atom is -0.497 e. The molecule has 1 amide bonds. The molecule has 0 aliphatic rings. The number of esters is 1. The maximum absolute atomic E-state index is 13.3. The van der Waals surface area contributed by atoms with Gasteiger partial charge < -0.3 is 18.6 Å². The molecule has 0 spiro atoms. The van der Waals surface area contributed by atoms with Crippen LogP contribution in [-0.4, -0.2) is 37.2 Å². The van der Waals surface area contributed by atoms with Crippen molar-refractivity contribution < 1.29 is 28.2 Å². The van der Waals surface area contributed by atoms with Gasteiger partial charge in [-0.25, -0.2) is 9.78 Å². The van der Waals surface area contributed by atoms with Gasteiger partial charge in [-0.3, -0.25) is 14.9 Å². The number of nitrogens with one attached hydrogen (secondary N) is 1. The average Bonchev–Trinajstić information content (AvgIpc) is 3.23. The number of halogens is 1. The molecule has 2 heterocycles. The number of carbonyl (C=O) groups excluding carboxylic acids is 2. The Morgan fingerprint density at radius 2 is 1.92 bits per heavy atom. The van der Waals surface area contributed by atoms with Crippen LogP contribution in [0.3, 0.4) is 0 Å². The van der Waals surface area contributed by atoms with Gasteiger partial charge in [0.25, 0.3) is 5.91 Å². The van der Waals surface area contributed by atoms with E-state index in [-0.39, 0.29) is 28.6 Å². The Bertz CT molecular complexity index is 1500. The summed E-state index contributed by atoms with van der Waals surface area (Å²) in [6, 6.07) is 11.5. The van der Waals surface area contributed by atoms with Gasteiger partial charge >= 0.3 is 5.97 Å². The minimum atomic E-state index is -0.578. The molecule has 4 rings (SSSR count). The first-order valence-electron chi connectivity index (χ1n) is 10.8. The lowest BCUT2D eigenvalue weighted by Gasteiger charge is -2.12. The number of benzene rings is 2. The predicted octanol–water partition coefficient (Wildman–Crippen LogP) is 5.08. The summed E-state index contributed by atoms with van der Waals surface area (Å²) in [7, 11) is 1.54. The molecule has 0 fully saturated rings. The highest BCUT2D eigenvalue weighted by Gasteiger charge is 2.21. The fraction of sp³-hybridized carbons (Fsp3) is 0.200. The summed E-state index contributed by atoms with van der Waals surface area (Å²) < 4.78 is 21.8. The summed E-state index contributed by atoms with van der Waals surface area (Å²) in [5.41, 5.74) is 0.821. The number of anilines is 1. The Balaban J connectivity index is 1.62. The van der Waals surface area contributed by atoms with Crippen LogP contribution in [0.5, 0.6) is 11.5 Å². The van der Waals surface area contributed by atoms with Crippen LogP contribution in [0.1, 0.15) is 22.3 Å². The van der Waals surface area contributed by atoms with Crippen LogP contribution in [0.2, 0.25) is 5.02 Å². The molecule has 2 aromatic heterocycles. The normalized spacial score (nSPS) is 10.8. The number of ether oxygens (including phenoxy) is 3. The highest BCUT2D eigenvalue weighted by Crippen LogP contribution is 2.33. The molecule has 0 saturated carbocycles. The van der Waals surface area contributed by atoms with Gasteiger partial charge in [-0.2, -0.15) is 0 Å². The van der Waals surface area contributed by atoms with Gasteiger partial charge in [-0.1, -0.05) is 22.9 Å². The third-order valence-electron chi connectivity index (χ3n) is 5.01. The molecular weight excluding hydrogens is 508 g/mol. The third-order valence-corrected chi connectivity index (χ3v) is 6.30. The number of methoxy groups -OCH3 is 1. The van der Waals surface area contributed by atoms with Gasteiger partial charge in [0, 0.05) is 10.6 Å². The van der Waals surface area contributed by atoms with E-state index in [1.807, 2.05) is 0 Å². The molecule has 0 aliphatic carbocycles. The first-order chi connectivity index (χ1) is 17.3. The Hall–Kier alpha value is -3.89. The molecule has 9 nitrogen and oxygen atoms in total. The van der Waals surface area contributed by atoms with E-state index in [4.69, 9.17) is 30.2 Å². The van der Waals surface area contributed by atoms with E-state index in [0.717, 1.165) is 11.3 Å². The zero-order chi connectivity index (χ0) is 25.8. The highest BCUT2D eigenvalue weighted by molar-refractivity contribution is 7.17. The maximum Gasteiger partial charge on any atom is 0.350 e. The van der Waals surface area contributed by atoms with E-state index in [1.165, 1.54) is 6.07 Å². The predicted molar refractivity (Wildman–Crippen MR) is 136 cm³/mol. The summed E-state index contributed by atoms with van der Waals surface area (Å²) >= 11 is 7.06. The number of rotatable bonds is 8. The molecule has 0 bridgehead atoms. The lowest BCUT2D eigenvalue weighted by molar-refractivity contribution is -0.118. The number of aromatic nitrogens is 1. The van der Waals surface area contributed by atoms with E-state index in [2.05, 4.69) is 10.3 Å². The number of hydrogen-bond acceptors (Lipinski definition) is 9. The molecule has 4 aromatic rings. The summed E-state index contributed by atoms with van der Waals surface area (Å²) in [4.78, 5) is 42.4. The number of amides is 1. The Morgan fingerprint density at radius 3 is 2.61 bits per heavy atom. The van der Waals surface area contributed by atoms with E-state index in [9.17, 15) is 14.4 Å². The quantitative estimate of drug-likeness (QED) is 0.315. The van der Waals surface area contributed by atoms with Gasteiger partial charge in [-0.15, -0.1) is 0 Å². The molecule has 36 heavy (non-hydrogen) atoms. The van der Waals surface area contributed by atoms with Crippen LogP contribution in [0.15, 0.2) is 51.7 Å². The number of thiazole rings is 1. The average molecular weight is 529 g/mol. The molecular formula is C25H21ClN2O7S. The van der Waals surface area contributed by atoms with Crippen molar-refractivity contribution in [1.82, 2.24) is 4.98 Å². The first-order valence-corrected chi connectivity index (χ1v) is 12.0. The maximum atomic E-state index is 13.3. The second-order valence-electron chi connectivity index (χ2n) is 7.45. The Kier molecular flexibility index (Phi) is 7.56. The van der Waals surface area contributed by atoms with Crippen molar-refractivity contribution in [3.05, 3.63) is 68.3 Å². The summed E-state index contributed by atoms with van der Waals surface area (Å²) in [6.45, 7) is 3.06. The smallest absolute Gasteiger partial charge is 0.350 e. The zero-order valence-corrected chi connectivity index (χ0v) is 21.1. The standard InChI is InChI=1S/C25H21ClN2O7S/c1-4-33-24(31)23-13(2)27-25(36-23)28-19(29)12-34-22-20(30)17-11-15(26)7-10-18(17)35-21(22)14-5-8-16(32-3)9-6-14/h5-11H,4,12H2,1-3H3,(H,27,28,29). The number of fused-ring (bicyclic) bond motifs is 1. The second-order valence-corrected chi connectivity index (χ2v) is 8.88. The molecule has 11 heteroatoms. The van der Waals surface area contributed by atoms with Crippen LogP contribution in [0, 0.1) is 6.92 Å². The van der Waals surface area contributed by atoms with Crippen molar-refractivity contribution in [3.8, 4) is 22.8 Å². The fourth-order valence-corrected chi connectivity index (χ4v) is 4.39. The van der Waals surface area contributed by atoms with Gasteiger partial charge in [0.2, 0.25) is 11.2 Å². The van der Waals surface area contributed by atoms with Crippen LogP contribution >= 0.6 is 22.9 Å². The Morgan fingerprint density at radius 1 is 1.17 bits per heavy atom. The van der Waals surface area contributed by atoms with Crippen LogP contribution in [-0.2, 0) is 9.53 Å². The summed E-state index contributed by atoms with van der Waals surface area (Å²) in [6.07, 6.45) is 0. The third kappa shape index (κ3) is 5.34. The van der Waals surface area contributed by atoms with Crippen LogP contribution in [0.25, 0.3) is 22.3 Å². The number of hydrogen-bond donors (Lipinski definition) is 1. The van der Waals surface area contributed by atoms with Crippen molar-refractivity contribution in [2.24, 2.45) is 0 Å². The van der Waals surface area contributed by atoms with E-state index in [0.29, 0.717) is 32.5 Å². The number of aryl methyl sites for hydroxylation is 1. The molecule has 0 atom stereocenters. The fourth-order valence-electron chi connectivity index (χ4n) is 3.34. The van der Waals surface area contributed by atoms with Crippen molar-refractivity contribution in [1.29, 1.82) is 0 Å². The molecule has 186 valence electrons. The monoisotopic (exact) mass is 528 g/mol. The topological polar surface area (TPSA) is 117 Å². The van der Waals surface area contributed by atoms with E-state index >= 15 is 0 Å². The lowest BCUT2D eigenvalue weighted by Crippen LogP contribution is -2.22. The molecule has 2 aromatic carbocycles. The largest absolute Gasteiger partial charge is 0.497 e. The number of nitrogens with zero attached hydrogens (tertiary/aromatic N) is 1. The van der Waals surface area contributed by atoms with E-state index < -0.39 is 23.9 Å². The minimum absolute atomic E-state index is 0.146. The Labute approximate surface area is 214 Å². The highest BCUT2D eigenvalue weighted by atomic mass is 35.5. The molecule has 0 unspecified atom stereocenters. The summed E-state index contributed by atoms with van der Waals surface area (Å²) in [5, 5.41) is 3.35. The molecule has 0 radical (unpaired) electrons.